The molecule has 2 aromatic rings. The zero-order valence-corrected chi connectivity index (χ0v) is 10.5. The molecule has 0 saturated heterocycles. The molecule has 0 nitrogen and oxygen atoms in total. The van der Waals surface area contributed by atoms with Crippen LogP contribution in [0.3, 0.4) is 0 Å². The van der Waals surface area contributed by atoms with E-state index in [0.29, 0.717) is 0 Å². The third-order valence-corrected chi connectivity index (χ3v) is 1.76. The normalized spacial score (nSPS) is 8.79. The van der Waals surface area contributed by atoms with Crippen molar-refractivity contribution in [1.82, 2.24) is 0 Å². The van der Waals surface area contributed by atoms with Crippen molar-refractivity contribution in [1.29, 1.82) is 0 Å². The van der Waals surface area contributed by atoms with Crippen LogP contribution in [-0.4, -0.2) is 23.1 Å². The van der Waals surface area contributed by atoms with Gasteiger partial charge in [0.1, 0.15) is 0 Å². The van der Waals surface area contributed by atoms with Crippen molar-refractivity contribution in [3.8, 4) is 0 Å². The van der Waals surface area contributed by atoms with E-state index in [9.17, 15) is 0 Å². The van der Waals surface area contributed by atoms with E-state index in [4.69, 9.17) is 0 Å². The molecular weight excluding hydrogens is 180 g/mol. The second-order valence-electron chi connectivity index (χ2n) is 3.16. The molecule has 0 spiro atoms. The molecule has 0 atom stereocenters. The van der Waals surface area contributed by atoms with Crippen LogP contribution in [0.5, 0.6) is 0 Å². The maximum atomic E-state index is 3.49. The Morgan fingerprint density at radius 3 is 2.43 bits per heavy atom. The van der Waals surface area contributed by atoms with E-state index in [-0.39, 0.29) is 23.1 Å². The van der Waals surface area contributed by atoms with Crippen LogP contribution in [0.2, 0.25) is 0 Å². The first-order chi connectivity index (χ1) is 6.27. The Hall–Kier alpha value is -0.404. The largest absolute Gasteiger partial charge is 2.00 e. The molecule has 1 heteroatoms. The number of rotatable bonds is 0. The zero-order valence-electron chi connectivity index (χ0n) is 9.09. The predicted molar refractivity (Wildman–Crippen MR) is 65.7 cm³/mol. The van der Waals surface area contributed by atoms with Gasteiger partial charge in [-0.2, -0.15) is 12.5 Å². The number of hydrogen-bond donors (Lipinski definition) is 0. The van der Waals surface area contributed by atoms with Gasteiger partial charge in [0.15, 0.2) is 0 Å². The second-order valence-corrected chi connectivity index (χ2v) is 3.16. The third-order valence-electron chi connectivity index (χ3n) is 1.76. The molecule has 0 aliphatic carbocycles. The molecule has 0 radical (unpaired) electrons. The minimum atomic E-state index is 0. The van der Waals surface area contributed by atoms with Gasteiger partial charge >= 0.3 is 23.1 Å². The maximum Gasteiger partial charge on any atom is 2.00 e. The SMILES string of the molecule is Cc1cc2ccccc2[cH-]1.[CH2-]CC.[Mg+2]. The van der Waals surface area contributed by atoms with Crippen molar-refractivity contribution in [2.75, 3.05) is 0 Å². The molecule has 0 heterocycles. The molecule has 0 aliphatic rings. The number of hydrogen-bond acceptors (Lipinski definition) is 0. The summed E-state index contributed by atoms with van der Waals surface area (Å²) in [5.41, 5.74) is 1.35. The first-order valence-electron chi connectivity index (χ1n) is 4.69. The van der Waals surface area contributed by atoms with Crippen molar-refractivity contribution >= 4 is 33.8 Å². The van der Waals surface area contributed by atoms with Crippen LogP contribution in [0.1, 0.15) is 18.9 Å². The van der Waals surface area contributed by atoms with Crippen molar-refractivity contribution in [3.05, 3.63) is 48.9 Å². The maximum absolute atomic E-state index is 3.49. The van der Waals surface area contributed by atoms with Gasteiger partial charge in [-0.05, 0) is 0 Å². The average Bonchev–Trinajstić information content (AvgIpc) is 2.45. The molecule has 0 aromatic heterocycles. The quantitative estimate of drug-likeness (QED) is 0.445. The molecule has 0 amide bonds. The number of benzene rings is 1. The predicted octanol–water partition coefficient (Wildman–Crippen LogP) is 3.72. The van der Waals surface area contributed by atoms with Gasteiger partial charge in [-0.15, -0.1) is 40.6 Å². The summed E-state index contributed by atoms with van der Waals surface area (Å²) < 4.78 is 0. The standard InChI is InChI=1S/C10H9.C3H7.Mg/c1-8-6-9-4-2-3-5-10(9)7-8;1-3-2;/h2-7H,1H3;1,3H2,2H3;/q2*-1;+2. The average molecular weight is 197 g/mol. The molecule has 0 bridgehead atoms. The van der Waals surface area contributed by atoms with Crippen LogP contribution < -0.4 is 0 Å². The Labute approximate surface area is 103 Å². The third kappa shape index (κ3) is 3.77. The molecular formula is C13H16Mg. The molecule has 2 aromatic carbocycles. The summed E-state index contributed by atoms with van der Waals surface area (Å²) in [6.07, 6.45) is 1.00. The molecule has 70 valence electrons. The molecule has 2 rings (SSSR count). The van der Waals surface area contributed by atoms with E-state index in [0.717, 1.165) is 6.42 Å². The second kappa shape index (κ2) is 6.96. The van der Waals surface area contributed by atoms with E-state index in [1.54, 1.807) is 0 Å². The summed E-state index contributed by atoms with van der Waals surface area (Å²) in [6, 6.07) is 12.8. The van der Waals surface area contributed by atoms with E-state index in [1.165, 1.54) is 16.3 Å². The van der Waals surface area contributed by atoms with Crippen LogP contribution in [0.25, 0.3) is 10.8 Å². The minimum Gasteiger partial charge on any atom is -0.344 e. The molecule has 0 N–H and O–H groups in total. The van der Waals surface area contributed by atoms with Crippen molar-refractivity contribution in [2.24, 2.45) is 0 Å². The minimum absolute atomic E-state index is 0. The van der Waals surface area contributed by atoms with Crippen molar-refractivity contribution in [2.45, 2.75) is 20.3 Å². The smallest absolute Gasteiger partial charge is 0.344 e. The summed E-state index contributed by atoms with van der Waals surface area (Å²) in [7, 11) is 0. The van der Waals surface area contributed by atoms with Crippen molar-refractivity contribution < 1.29 is 0 Å². The van der Waals surface area contributed by atoms with Gasteiger partial charge in [0.25, 0.3) is 0 Å². The van der Waals surface area contributed by atoms with E-state index in [1.807, 2.05) is 6.92 Å². The Morgan fingerprint density at radius 1 is 1.29 bits per heavy atom. The van der Waals surface area contributed by atoms with E-state index >= 15 is 0 Å². The van der Waals surface area contributed by atoms with E-state index < -0.39 is 0 Å². The van der Waals surface area contributed by atoms with Gasteiger partial charge in [-0.25, -0.2) is 0 Å². The fourth-order valence-electron chi connectivity index (χ4n) is 1.31. The van der Waals surface area contributed by atoms with Gasteiger partial charge in [0, 0.05) is 0 Å². The summed E-state index contributed by atoms with van der Waals surface area (Å²) in [6.45, 7) is 7.62. The van der Waals surface area contributed by atoms with Gasteiger partial charge in [0.2, 0.25) is 0 Å². The summed E-state index contributed by atoms with van der Waals surface area (Å²) >= 11 is 0. The molecule has 0 unspecified atom stereocenters. The Kier molecular flexibility index (Phi) is 6.76. The van der Waals surface area contributed by atoms with Gasteiger partial charge in [-0.1, -0.05) is 19.9 Å². The molecule has 0 fully saturated rings. The van der Waals surface area contributed by atoms with Gasteiger partial charge in [-0.3, -0.25) is 0 Å². The van der Waals surface area contributed by atoms with Crippen molar-refractivity contribution in [3.63, 3.8) is 0 Å². The first kappa shape index (κ1) is 13.6. The fraction of sp³-hybridized carbons (Fsp3) is 0.231. The van der Waals surface area contributed by atoms with Crippen LogP contribution in [0.15, 0.2) is 36.4 Å². The topological polar surface area (TPSA) is 0 Å². The Balaban J connectivity index is 0.000000381. The summed E-state index contributed by atoms with van der Waals surface area (Å²) in [5, 5.41) is 2.69. The van der Waals surface area contributed by atoms with E-state index in [2.05, 4.69) is 50.2 Å². The summed E-state index contributed by atoms with van der Waals surface area (Å²) in [4.78, 5) is 0. The van der Waals surface area contributed by atoms with Crippen LogP contribution >= 0.6 is 0 Å². The fourth-order valence-corrected chi connectivity index (χ4v) is 1.31. The zero-order chi connectivity index (χ0) is 9.68. The van der Waals surface area contributed by atoms with Crippen LogP contribution in [-0.2, 0) is 0 Å². The monoisotopic (exact) mass is 196 g/mol. The Morgan fingerprint density at radius 2 is 1.86 bits per heavy atom. The van der Waals surface area contributed by atoms with Crippen LogP contribution in [0, 0.1) is 13.8 Å². The van der Waals surface area contributed by atoms with Crippen LogP contribution in [0.4, 0.5) is 0 Å². The first-order valence-corrected chi connectivity index (χ1v) is 4.69. The number of fused-ring (bicyclic) bond motifs is 1. The molecule has 14 heavy (non-hydrogen) atoms. The summed E-state index contributed by atoms with van der Waals surface area (Å²) in [5.74, 6) is 0. The molecule has 0 saturated carbocycles. The molecule has 0 aliphatic heterocycles. The Bertz CT molecular complexity index is 327. The number of aryl methyl sites for hydroxylation is 1. The van der Waals surface area contributed by atoms with Gasteiger partial charge < -0.3 is 6.92 Å². The van der Waals surface area contributed by atoms with Gasteiger partial charge in [0.05, 0.1) is 0 Å².